The van der Waals surface area contributed by atoms with E-state index in [0.29, 0.717) is 48.3 Å². The van der Waals surface area contributed by atoms with E-state index < -0.39 is 0 Å². The molecule has 0 aliphatic carbocycles. The highest BCUT2D eigenvalue weighted by atomic mass is 79.9. The lowest BCUT2D eigenvalue weighted by Gasteiger charge is -2.34. The third-order valence-electron chi connectivity index (χ3n) is 4.41. The topological polar surface area (TPSA) is 52.7 Å². The molecule has 1 saturated heterocycles. The highest BCUT2D eigenvalue weighted by molar-refractivity contribution is 9.10. The lowest BCUT2D eigenvalue weighted by Crippen LogP contribution is -2.53. The van der Waals surface area contributed by atoms with Gasteiger partial charge in [0.15, 0.2) is 0 Å². The van der Waals surface area contributed by atoms with Crippen molar-refractivity contribution >= 4 is 51.1 Å². The zero-order valence-corrected chi connectivity index (χ0v) is 17.5. The third kappa shape index (κ3) is 4.94. The summed E-state index contributed by atoms with van der Waals surface area (Å²) in [6.07, 6.45) is 0. The highest BCUT2D eigenvalue weighted by Gasteiger charge is 2.24. The van der Waals surface area contributed by atoms with Crippen LogP contribution in [-0.4, -0.2) is 47.9 Å². The van der Waals surface area contributed by atoms with E-state index in [1.165, 1.54) is 0 Å². The molecule has 0 atom stereocenters. The van der Waals surface area contributed by atoms with Crippen molar-refractivity contribution in [2.24, 2.45) is 0 Å². The molecule has 0 radical (unpaired) electrons. The maximum absolute atomic E-state index is 12.5. The number of amides is 3. The van der Waals surface area contributed by atoms with Gasteiger partial charge in [0.2, 0.25) is 0 Å². The summed E-state index contributed by atoms with van der Waals surface area (Å²) in [5.41, 5.74) is 1.41. The molecule has 1 aliphatic rings. The second-order valence-corrected chi connectivity index (χ2v) is 7.86. The molecule has 2 aromatic carbocycles. The number of urea groups is 1. The molecule has 0 saturated carbocycles. The zero-order valence-electron chi connectivity index (χ0n) is 14.4. The van der Waals surface area contributed by atoms with Crippen molar-refractivity contribution in [2.45, 2.75) is 6.54 Å². The Morgan fingerprint density at radius 1 is 0.963 bits per heavy atom. The van der Waals surface area contributed by atoms with Crippen LogP contribution in [0.15, 0.2) is 46.9 Å². The van der Waals surface area contributed by atoms with Crippen molar-refractivity contribution in [3.05, 3.63) is 68.1 Å². The number of halogens is 3. The maximum atomic E-state index is 12.5. The molecule has 3 amide bonds. The number of hydrogen-bond acceptors (Lipinski definition) is 2. The van der Waals surface area contributed by atoms with E-state index in [1.54, 1.807) is 34.1 Å². The highest BCUT2D eigenvalue weighted by Crippen LogP contribution is 2.25. The maximum Gasteiger partial charge on any atom is 0.317 e. The summed E-state index contributed by atoms with van der Waals surface area (Å²) in [7, 11) is 0. The monoisotopic (exact) mass is 469 g/mol. The molecule has 0 unspecified atom stereocenters. The largest absolute Gasteiger partial charge is 0.335 e. The van der Waals surface area contributed by atoms with Crippen molar-refractivity contribution in [3.63, 3.8) is 0 Å². The van der Waals surface area contributed by atoms with Crippen LogP contribution in [0.5, 0.6) is 0 Å². The third-order valence-corrected chi connectivity index (χ3v) is 5.79. The fraction of sp³-hybridized carbons (Fsp3) is 0.263. The van der Waals surface area contributed by atoms with E-state index in [9.17, 15) is 9.59 Å². The van der Waals surface area contributed by atoms with Gasteiger partial charge < -0.3 is 15.1 Å². The van der Waals surface area contributed by atoms with Gasteiger partial charge in [0.25, 0.3) is 5.91 Å². The van der Waals surface area contributed by atoms with Crippen molar-refractivity contribution < 1.29 is 9.59 Å². The van der Waals surface area contributed by atoms with Gasteiger partial charge in [0.05, 0.1) is 10.0 Å². The minimum Gasteiger partial charge on any atom is -0.335 e. The van der Waals surface area contributed by atoms with Gasteiger partial charge in [-0.2, -0.15) is 0 Å². The number of nitrogens with one attached hydrogen (secondary N) is 1. The molecule has 0 bridgehead atoms. The van der Waals surface area contributed by atoms with Crippen LogP contribution in [0.4, 0.5) is 4.79 Å². The van der Waals surface area contributed by atoms with Crippen LogP contribution in [0, 0.1) is 0 Å². The van der Waals surface area contributed by atoms with Gasteiger partial charge in [-0.1, -0.05) is 51.3 Å². The van der Waals surface area contributed by atoms with Gasteiger partial charge in [0.1, 0.15) is 0 Å². The van der Waals surface area contributed by atoms with Gasteiger partial charge in [-0.15, -0.1) is 0 Å². The second-order valence-electron chi connectivity index (χ2n) is 6.16. The minimum atomic E-state index is -0.179. The molecule has 5 nitrogen and oxygen atoms in total. The van der Waals surface area contributed by atoms with Crippen LogP contribution >= 0.6 is 39.1 Å². The molecule has 1 fully saturated rings. The Labute approximate surface area is 176 Å². The van der Waals surface area contributed by atoms with Crippen LogP contribution in [-0.2, 0) is 6.54 Å². The molecule has 2 aromatic rings. The van der Waals surface area contributed by atoms with Gasteiger partial charge in [-0.3, -0.25) is 4.79 Å². The van der Waals surface area contributed by atoms with Crippen molar-refractivity contribution in [1.29, 1.82) is 0 Å². The molecule has 0 spiro atoms. The first-order valence-electron chi connectivity index (χ1n) is 8.46. The summed E-state index contributed by atoms with van der Waals surface area (Å²) in [6.45, 7) is 2.27. The van der Waals surface area contributed by atoms with E-state index in [0.717, 1.165) is 10.0 Å². The fourth-order valence-electron chi connectivity index (χ4n) is 2.86. The first-order valence-corrected chi connectivity index (χ1v) is 10.0. The minimum absolute atomic E-state index is 0.0201. The molecule has 8 heteroatoms. The Morgan fingerprint density at radius 3 is 2.26 bits per heavy atom. The number of rotatable bonds is 3. The Kier molecular flexibility index (Phi) is 6.63. The SMILES string of the molecule is O=C(NCc1cccc(Cl)c1Cl)N1CCN(C(=O)c2ccc(Br)cc2)CC1. The van der Waals surface area contributed by atoms with Crippen LogP contribution < -0.4 is 5.32 Å². The van der Waals surface area contributed by atoms with Gasteiger partial charge in [-0.05, 0) is 35.9 Å². The lowest BCUT2D eigenvalue weighted by molar-refractivity contribution is 0.0665. The van der Waals surface area contributed by atoms with E-state index in [2.05, 4.69) is 21.2 Å². The average Bonchev–Trinajstić information content (AvgIpc) is 2.69. The summed E-state index contributed by atoms with van der Waals surface area (Å²) >= 11 is 15.5. The molecule has 1 N–H and O–H groups in total. The standard InChI is InChI=1S/C19H18BrCl2N3O2/c20-15-6-4-13(5-7-15)18(26)24-8-10-25(11-9-24)19(27)23-12-14-2-1-3-16(21)17(14)22/h1-7H,8-12H2,(H,23,27). The average molecular weight is 471 g/mol. The van der Waals surface area contributed by atoms with Crippen molar-refractivity contribution in [2.75, 3.05) is 26.2 Å². The van der Waals surface area contributed by atoms with Crippen LogP contribution in [0.2, 0.25) is 10.0 Å². The molecular formula is C19H18BrCl2N3O2. The first-order chi connectivity index (χ1) is 13.0. The number of benzene rings is 2. The number of carbonyl (C=O) groups is 2. The number of hydrogen-bond donors (Lipinski definition) is 1. The van der Waals surface area contributed by atoms with E-state index in [4.69, 9.17) is 23.2 Å². The van der Waals surface area contributed by atoms with Crippen LogP contribution in [0.3, 0.4) is 0 Å². The van der Waals surface area contributed by atoms with Gasteiger partial charge in [0, 0.05) is 42.8 Å². The summed E-state index contributed by atoms with van der Waals surface area (Å²) in [6, 6.07) is 12.4. The number of carbonyl (C=O) groups excluding carboxylic acids is 2. The summed E-state index contributed by atoms with van der Waals surface area (Å²) in [5, 5.41) is 3.76. The molecule has 27 heavy (non-hydrogen) atoms. The van der Waals surface area contributed by atoms with E-state index in [-0.39, 0.29) is 11.9 Å². The molecule has 1 aliphatic heterocycles. The smallest absolute Gasteiger partial charge is 0.317 e. The number of piperazine rings is 1. The van der Waals surface area contributed by atoms with E-state index >= 15 is 0 Å². The van der Waals surface area contributed by atoms with Crippen molar-refractivity contribution in [1.82, 2.24) is 15.1 Å². The molecule has 3 rings (SSSR count). The zero-order chi connectivity index (χ0) is 19.4. The lowest BCUT2D eigenvalue weighted by atomic mass is 10.2. The second kappa shape index (κ2) is 8.95. The summed E-state index contributed by atoms with van der Waals surface area (Å²) < 4.78 is 0.931. The Morgan fingerprint density at radius 2 is 1.59 bits per heavy atom. The number of nitrogens with zero attached hydrogens (tertiary/aromatic N) is 2. The summed E-state index contributed by atoms with van der Waals surface area (Å²) in [5.74, 6) is -0.0201. The van der Waals surface area contributed by atoms with Gasteiger partial charge in [-0.25, -0.2) is 4.79 Å². The first kappa shape index (κ1) is 20.0. The van der Waals surface area contributed by atoms with Gasteiger partial charge >= 0.3 is 6.03 Å². The Bertz CT molecular complexity index is 837. The van der Waals surface area contributed by atoms with Crippen LogP contribution in [0.1, 0.15) is 15.9 Å². The normalized spacial score (nSPS) is 14.2. The molecule has 0 aromatic heterocycles. The van der Waals surface area contributed by atoms with Crippen molar-refractivity contribution in [3.8, 4) is 0 Å². The molecule has 142 valence electrons. The Hall–Kier alpha value is -1.76. The summed E-state index contributed by atoms with van der Waals surface area (Å²) in [4.78, 5) is 28.4. The van der Waals surface area contributed by atoms with E-state index in [1.807, 2.05) is 18.2 Å². The Balaban J connectivity index is 1.51. The predicted molar refractivity (Wildman–Crippen MR) is 110 cm³/mol. The molecule has 1 heterocycles. The predicted octanol–water partition coefficient (Wildman–Crippen LogP) is 4.42. The quantitative estimate of drug-likeness (QED) is 0.721. The van der Waals surface area contributed by atoms with Crippen LogP contribution in [0.25, 0.3) is 0 Å². The fourth-order valence-corrected chi connectivity index (χ4v) is 3.51. The molecular weight excluding hydrogens is 453 g/mol.